The minimum atomic E-state index is -3.55. The zero-order chi connectivity index (χ0) is 14.6. The molecule has 0 saturated heterocycles. The molecule has 1 aromatic heterocycles. The molecular weight excluding hydrogens is 330 g/mol. The summed E-state index contributed by atoms with van der Waals surface area (Å²) in [6, 6.07) is 1.57. The Morgan fingerprint density at radius 3 is 2.47 bits per heavy atom. The van der Waals surface area contributed by atoms with E-state index >= 15 is 0 Å². The molecule has 1 rings (SSSR count). The fourth-order valence-electron chi connectivity index (χ4n) is 1.96. The van der Waals surface area contributed by atoms with Crippen LogP contribution in [0.1, 0.15) is 26.7 Å². The van der Waals surface area contributed by atoms with E-state index in [0.717, 1.165) is 12.8 Å². The van der Waals surface area contributed by atoms with Gasteiger partial charge in [0.1, 0.15) is 10.7 Å². The zero-order valence-corrected chi connectivity index (χ0v) is 14.0. The maximum absolute atomic E-state index is 12.6. The van der Waals surface area contributed by atoms with Crippen molar-refractivity contribution in [1.29, 1.82) is 0 Å². The molecule has 0 aliphatic heterocycles. The van der Waals surface area contributed by atoms with E-state index in [2.05, 4.69) is 26.2 Å². The Morgan fingerprint density at radius 2 is 2.00 bits per heavy atom. The van der Waals surface area contributed by atoms with Gasteiger partial charge in [0, 0.05) is 30.8 Å². The summed E-state index contributed by atoms with van der Waals surface area (Å²) in [5.74, 6) is 0.362. The van der Waals surface area contributed by atoms with Crippen LogP contribution in [0.15, 0.2) is 21.6 Å². The monoisotopic (exact) mass is 349 g/mol. The van der Waals surface area contributed by atoms with Crippen molar-refractivity contribution < 1.29 is 8.42 Å². The van der Waals surface area contributed by atoms with Crippen LogP contribution in [0.2, 0.25) is 0 Å². The normalized spacial score (nSPS) is 12.2. The lowest BCUT2D eigenvalue weighted by atomic mass is 10.2. The first-order valence-electron chi connectivity index (χ1n) is 6.19. The van der Waals surface area contributed by atoms with Crippen molar-refractivity contribution in [2.24, 2.45) is 0 Å². The second kappa shape index (κ2) is 6.67. The predicted octanol–water partition coefficient (Wildman–Crippen LogP) is 2.69. The van der Waals surface area contributed by atoms with Gasteiger partial charge in [0.05, 0.1) is 0 Å². The van der Waals surface area contributed by atoms with Gasteiger partial charge in [-0.2, -0.15) is 4.31 Å². The molecule has 5 nitrogen and oxygen atoms in total. The van der Waals surface area contributed by atoms with Gasteiger partial charge in [-0.05, 0) is 34.8 Å². The molecular formula is C12H20BrN3O2S. The average Bonchev–Trinajstić information content (AvgIpc) is 2.39. The molecule has 1 aromatic rings. The van der Waals surface area contributed by atoms with Crippen LogP contribution in [0.25, 0.3) is 0 Å². The molecule has 7 heteroatoms. The third-order valence-electron chi connectivity index (χ3n) is 3.17. The Balaban J connectivity index is 3.30. The topological polar surface area (TPSA) is 62.3 Å². The maximum Gasteiger partial charge on any atom is 0.246 e. The fourth-order valence-corrected chi connectivity index (χ4v) is 4.12. The summed E-state index contributed by atoms with van der Waals surface area (Å²) in [6.45, 7) is 3.97. The second-order valence-electron chi connectivity index (χ2n) is 4.24. The van der Waals surface area contributed by atoms with E-state index in [1.54, 1.807) is 26.4 Å². The van der Waals surface area contributed by atoms with E-state index in [1.165, 1.54) is 4.31 Å². The quantitative estimate of drug-likeness (QED) is 0.857. The smallest absolute Gasteiger partial charge is 0.246 e. The van der Waals surface area contributed by atoms with Crippen LogP contribution < -0.4 is 5.32 Å². The van der Waals surface area contributed by atoms with Gasteiger partial charge in [0.2, 0.25) is 10.0 Å². The van der Waals surface area contributed by atoms with Gasteiger partial charge >= 0.3 is 0 Å². The third kappa shape index (κ3) is 3.46. The molecule has 0 bridgehead atoms. The molecule has 0 fully saturated rings. The highest BCUT2D eigenvalue weighted by atomic mass is 79.9. The summed E-state index contributed by atoms with van der Waals surface area (Å²) in [6.07, 6.45) is 3.13. The van der Waals surface area contributed by atoms with Gasteiger partial charge in [0.15, 0.2) is 0 Å². The van der Waals surface area contributed by atoms with E-state index in [4.69, 9.17) is 0 Å². The molecule has 19 heavy (non-hydrogen) atoms. The zero-order valence-electron chi connectivity index (χ0n) is 11.6. The molecule has 0 saturated carbocycles. The Labute approximate surface area is 123 Å². The molecule has 0 spiro atoms. The van der Waals surface area contributed by atoms with Crippen LogP contribution in [-0.2, 0) is 10.0 Å². The highest BCUT2D eigenvalue weighted by Crippen LogP contribution is 2.27. The Hall–Kier alpha value is -0.660. The van der Waals surface area contributed by atoms with Gasteiger partial charge in [-0.3, -0.25) is 0 Å². The van der Waals surface area contributed by atoms with E-state index in [0.29, 0.717) is 10.3 Å². The number of anilines is 1. The van der Waals surface area contributed by atoms with Gasteiger partial charge in [0.25, 0.3) is 0 Å². The lowest BCUT2D eigenvalue weighted by Gasteiger charge is -2.26. The minimum Gasteiger partial charge on any atom is -0.372 e. The molecule has 108 valence electrons. The lowest BCUT2D eigenvalue weighted by molar-refractivity contribution is 0.350. The maximum atomic E-state index is 12.6. The Morgan fingerprint density at radius 1 is 1.42 bits per heavy atom. The molecule has 0 atom stereocenters. The highest BCUT2D eigenvalue weighted by Gasteiger charge is 2.29. The SMILES string of the molecule is CCC(CC)N(C)S(=O)(=O)c1cc(Br)cnc1NC. The number of halogens is 1. The number of sulfonamides is 1. The first kappa shape index (κ1) is 16.4. The molecule has 1 heterocycles. The van der Waals surface area contributed by atoms with Gasteiger partial charge in [-0.25, -0.2) is 13.4 Å². The number of rotatable bonds is 6. The van der Waals surface area contributed by atoms with Crippen LogP contribution in [0, 0.1) is 0 Å². The number of nitrogens with one attached hydrogen (secondary N) is 1. The fraction of sp³-hybridized carbons (Fsp3) is 0.583. The summed E-state index contributed by atoms with van der Waals surface area (Å²) in [7, 11) is -0.272. The van der Waals surface area contributed by atoms with Crippen LogP contribution in [0.4, 0.5) is 5.82 Å². The molecule has 0 aliphatic carbocycles. The molecule has 0 amide bonds. The summed E-state index contributed by atoms with van der Waals surface area (Å²) in [4.78, 5) is 4.29. The Kier molecular flexibility index (Phi) is 5.76. The van der Waals surface area contributed by atoms with Crippen molar-refractivity contribution in [1.82, 2.24) is 9.29 Å². The molecule has 0 aliphatic rings. The summed E-state index contributed by atoms with van der Waals surface area (Å²) >= 11 is 3.27. The van der Waals surface area contributed by atoms with Crippen LogP contribution in [-0.4, -0.2) is 37.8 Å². The van der Waals surface area contributed by atoms with E-state index < -0.39 is 10.0 Å². The van der Waals surface area contributed by atoms with Crippen molar-refractivity contribution in [2.75, 3.05) is 19.4 Å². The van der Waals surface area contributed by atoms with Crippen LogP contribution >= 0.6 is 15.9 Å². The molecule has 0 radical (unpaired) electrons. The van der Waals surface area contributed by atoms with E-state index in [9.17, 15) is 8.42 Å². The van der Waals surface area contributed by atoms with E-state index in [1.807, 2.05) is 13.8 Å². The van der Waals surface area contributed by atoms with Gasteiger partial charge < -0.3 is 5.32 Å². The molecule has 0 aromatic carbocycles. The Bertz CT molecular complexity index is 530. The second-order valence-corrected chi connectivity index (χ2v) is 7.12. The standard InChI is InChI=1S/C12H20BrN3O2S/c1-5-10(6-2)16(4)19(17,18)11-7-9(13)8-15-12(11)14-3/h7-8,10H,5-6H2,1-4H3,(H,14,15). The summed E-state index contributed by atoms with van der Waals surface area (Å²) in [5, 5.41) is 2.82. The highest BCUT2D eigenvalue weighted by molar-refractivity contribution is 9.10. The third-order valence-corrected chi connectivity index (χ3v) is 5.53. The number of hydrogen-bond acceptors (Lipinski definition) is 4. The van der Waals surface area contributed by atoms with Crippen LogP contribution in [0.5, 0.6) is 0 Å². The first-order valence-corrected chi connectivity index (χ1v) is 8.43. The van der Waals surface area contributed by atoms with Crippen molar-refractivity contribution in [3.8, 4) is 0 Å². The number of hydrogen-bond donors (Lipinski definition) is 1. The first-order chi connectivity index (χ1) is 8.88. The predicted molar refractivity (Wildman–Crippen MR) is 80.8 cm³/mol. The lowest BCUT2D eigenvalue weighted by Crippen LogP contribution is -2.36. The minimum absolute atomic E-state index is 0.00584. The van der Waals surface area contributed by atoms with Crippen LogP contribution in [0.3, 0.4) is 0 Å². The van der Waals surface area contributed by atoms with Crippen molar-refractivity contribution in [3.05, 3.63) is 16.7 Å². The summed E-state index contributed by atoms with van der Waals surface area (Å²) < 4.78 is 27.4. The number of nitrogens with zero attached hydrogens (tertiary/aromatic N) is 2. The van der Waals surface area contributed by atoms with Gasteiger partial charge in [-0.15, -0.1) is 0 Å². The van der Waals surface area contributed by atoms with Crippen molar-refractivity contribution >= 4 is 31.8 Å². The average molecular weight is 350 g/mol. The van der Waals surface area contributed by atoms with Crippen molar-refractivity contribution in [2.45, 2.75) is 37.6 Å². The largest absolute Gasteiger partial charge is 0.372 e. The molecule has 0 unspecified atom stereocenters. The number of pyridine rings is 1. The van der Waals surface area contributed by atoms with Crippen molar-refractivity contribution in [3.63, 3.8) is 0 Å². The number of aromatic nitrogens is 1. The van der Waals surface area contributed by atoms with E-state index in [-0.39, 0.29) is 10.9 Å². The molecule has 1 N–H and O–H groups in total. The van der Waals surface area contributed by atoms with Gasteiger partial charge in [-0.1, -0.05) is 13.8 Å². The summed E-state index contributed by atoms with van der Waals surface area (Å²) in [5.41, 5.74) is 0.